The first-order valence-electron chi connectivity index (χ1n) is 5.60. The number of carbonyl (C=O) groups is 2. The van der Waals surface area contributed by atoms with Gasteiger partial charge in [0.25, 0.3) is 0 Å². The summed E-state index contributed by atoms with van der Waals surface area (Å²) in [6, 6.07) is 0. The normalized spacial score (nSPS) is 28.2. The maximum absolute atomic E-state index is 11.6. The molecule has 16 heavy (non-hydrogen) atoms. The Bertz CT molecular complexity index is 339. The van der Waals surface area contributed by atoms with Crippen LogP contribution in [0.15, 0.2) is 11.6 Å². The van der Waals surface area contributed by atoms with Gasteiger partial charge in [0.05, 0.1) is 0 Å². The van der Waals surface area contributed by atoms with Crippen LogP contribution in [0.1, 0.15) is 41.0 Å². The Morgan fingerprint density at radius 1 is 1.38 bits per heavy atom. The lowest BCUT2D eigenvalue weighted by atomic mass is 9.66. The van der Waals surface area contributed by atoms with Crippen molar-refractivity contribution in [2.75, 3.05) is 0 Å². The van der Waals surface area contributed by atoms with Gasteiger partial charge >= 0.3 is 5.97 Å². The van der Waals surface area contributed by atoms with Crippen LogP contribution in [0.4, 0.5) is 0 Å². The molecule has 1 aliphatic rings. The average Bonchev–Trinajstić information content (AvgIpc) is 1.96. The van der Waals surface area contributed by atoms with E-state index in [-0.39, 0.29) is 29.2 Å². The molecule has 0 aromatic rings. The zero-order valence-corrected chi connectivity index (χ0v) is 10.7. The molecule has 2 unspecified atom stereocenters. The van der Waals surface area contributed by atoms with Gasteiger partial charge in [0.1, 0.15) is 11.9 Å². The molecule has 0 radical (unpaired) electrons. The van der Waals surface area contributed by atoms with Crippen molar-refractivity contribution < 1.29 is 14.3 Å². The molecule has 90 valence electrons. The fourth-order valence-electron chi connectivity index (χ4n) is 2.86. The summed E-state index contributed by atoms with van der Waals surface area (Å²) in [7, 11) is 0. The van der Waals surface area contributed by atoms with E-state index in [1.165, 1.54) is 6.92 Å². The van der Waals surface area contributed by atoms with Crippen molar-refractivity contribution in [3.8, 4) is 0 Å². The zero-order valence-electron chi connectivity index (χ0n) is 10.7. The molecule has 0 spiro atoms. The van der Waals surface area contributed by atoms with Crippen molar-refractivity contribution in [3.05, 3.63) is 11.6 Å². The number of rotatable bonds is 2. The second-order valence-electron chi connectivity index (χ2n) is 5.29. The van der Waals surface area contributed by atoms with Crippen LogP contribution >= 0.6 is 0 Å². The van der Waals surface area contributed by atoms with E-state index in [4.69, 9.17) is 4.74 Å². The molecule has 1 aliphatic carbocycles. The maximum Gasteiger partial charge on any atom is 0.303 e. The van der Waals surface area contributed by atoms with Gasteiger partial charge in [-0.25, -0.2) is 0 Å². The van der Waals surface area contributed by atoms with E-state index >= 15 is 0 Å². The molecule has 0 N–H and O–H groups in total. The summed E-state index contributed by atoms with van der Waals surface area (Å²) in [4.78, 5) is 22.5. The highest BCUT2D eigenvalue weighted by atomic mass is 16.5. The van der Waals surface area contributed by atoms with Crippen molar-refractivity contribution in [1.82, 2.24) is 0 Å². The summed E-state index contributed by atoms with van der Waals surface area (Å²) in [5, 5.41) is 0. The summed E-state index contributed by atoms with van der Waals surface area (Å²) >= 11 is 0. The standard InChI is InChI=1S/C13H20O3/c1-8-6-11(16-10(3)15)7-13(4,5)12(8)9(2)14/h6,11-12H,7H2,1-5H3. The lowest BCUT2D eigenvalue weighted by molar-refractivity contribution is -0.146. The molecule has 0 heterocycles. The number of allylic oxidation sites excluding steroid dienone is 1. The topological polar surface area (TPSA) is 43.4 Å². The number of hydrogen-bond donors (Lipinski definition) is 0. The van der Waals surface area contributed by atoms with E-state index < -0.39 is 0 Å². The average molecular weight is 224 g/mol. The molecule has 0 saturated heterocycles. The second kappa shape index (κ2) is 4.40. The van der Waals surface area contributed by atoms with Crippen LogP contribution in [0.5, 0.6) is 0 Å². The van der Waals surface area contributed by atoms with Crippen molar-refractivity contribution >= 4 is 11.8 Å². The third kappa shape index (κ3) is 2.71. The van der Waals surface area contributed by atoms with Crippen LogP contribution in [0.2, 0.25) is 0 Å². The first kappa shape index (κ1) is 12.9. The van der Waals surface area contributed by atoms with Gasteiger partial charge in [-0.15, -0.1) is 0 Å². The van der Waals surface area contributed by atoms with Gasteiger partial charge in [-0.05, 0) is 31.8 Å². The Hall–Kier alpha value is -1.12. The minimum atomic E-state index is -0.272. The number of hydrogen-bond acceptors (Lipinski definition) is 3. The first-order chi connectivity index (χ1) is 7.24. The Kier molecular flexibility index (Phi) is 3.56. The largest absolute Gasteiger partial charge is 0.458 e. The third-order valence-electron chi connectivity index (χ3n) is 3.14. The number of Topliss-reactive ketones (excluding diaryl/α,β-unsaturated/α-hetero) is 1. The van der Waals surface area contributed by atoms with Gasteiger partial charge < -0.3 is 4.74 Å². The minimum Gasteiger partial charge on any atom is -0.458 e. The Morgan fingerprint density at radius 3 is 2.31 bits per heavy atom. The monoisotopic (exact) mass is 224 g/mol. The van der Waals surface area contributed by atoms with Crippen molar-refractivity contribution in [3.63, 3.8) is 0 Å². The van der Waals surface area contributed by atoms with Crippen molar-refractivity contribution in [2.45, 2.75) is 47.1 Å². The predicted molar refractivity (Wildman–Crippen MR) is 61.9 cm³/mol. The Labute approximate surface area is 96.9 Å². The number of esters is 1. The van der Waals surface area contributed by atoms with Gasteiger partial charge in [0.15, 0.2) is 0 Å². The van der Waals surface area contributed by atoms with Gasteiger partial charge in [0.2, 0.25) is 0 Å². The molecule has 3 nitrogen and oxygen atoms in total. The fraction of sp³-hybridized carbons (Fsp3) is 0.692. The predicted octanol–water partition coefficient (Wildman–Crippen LogP) is 2.50. The van der Waals surface area contributed by atoms with Gasteiger partial charge in [0, 0.05) is 12.8 Å². The maximum atomic E-state index is 11.6. The number of ketones is 1. The van der Waals surface area contributed by atoms with Crippen LogP contribution in [-0.2, 0) is 14.3 Å². The Balaban J connectivity index is 2.96. The summed E-state index contributed by atoms with van der Waals surface area (Å²) in [6.45, 7) is 9.06. The Morgan fingerprint density at radius 2 is 1.94 bits per heavy atom. The highest BCUT2D eigenvalue weighted by Gasteiger charge is 2.40. The lowest BCUT2D eigenvalue weighted by Crippen LogP contribution is -2.38. The summed E-state index contributed by atoms with van der Waals surface area (Å²) in [5.41, 5.74) is 0.861. The summed E-state index contributed by atoms with van der Waals surface area (Å²) in [6.07, 6.45) is 2.41. The number of carbonyl (C=O) groups excluding carboxylic acids is 2. The molecule has 0 saturated carbocycles. The number of ether oxygens (including phenoxy) is 1. The van der Waals surface area contributed by atoms with E-state index in [0.717, 1.165) is 5.57 Å². The smallest absolute Gasteiger partial charge is 0.303 e. The highest BCUT2D eigenvalue weighted by molar-refractivity contribution is 5.82. The molecule has 0 amide bonds. The van der Waals surface area contributed by atoms with E-state index in [1.54, 1.807) is 6.92 Å². The molecule has 3 heteroatoms. The van der Waals surface area contributed by atoms with Crippen LogP contribution in [-0.4, -0.2) is 17.9 Å². The van der Waals surface area contributed by atoms with Crippen LogP contribution < -0.4 is 0 Å². The molecule has 1 rings (SSSR count). The second-order valence-corrected chi connectivity index (χ2v) is 5.29. The summed E-state index contributed by atoms with van der Waals surface area (Å²) < 4.78 is 5.20. The molecule has 2 atom stereocenters. The van der Waals surface area contributed by atoms with Crippen molar-refractivity contribution in [2.24, 2.45) is 11.3 Å². The van der Waals surface area contributed by atoms with E-state index in [9.17, 15) is 9.59 Å². The van der Waals surface area contributed by atoms with E-state index in [1.807, 2.05) is 26.8 Å². The molecule has 0 aliphatic heterocycles. The summed E-state index contributed by atoms with van der Waals surface area (Å²) in [5.74, 6) is -0.148. The van der Waals surface area contributed by atoms with Crippen molar-refractivity contribution in [1.29, 1.82) is 0 Å². The molecule has 0 aromatic carbocycles. The first-order valence-corrected chi connectivity index (χ1v) is 5.60. The fourth-order valence-corrected chi connectivity index (χ4v) is 2.86. The lowest BCUT2D eigenvalue weighted by Gasteiger charge is -2.39. The SMILES string of the molecule is CC(=O)OC1C=C(C)C(C(C)=O)C(C)(C)C1. The van der Waals surface area contributed by atoms with Gasteiger partial charge in [-0.3, -0.25) is 9.59 Å². The zero-order chi connectivity index (χ0) is 12.5. The highest BCUT2D eigenvalue weighted by Crippen LogP contribution is 2.42. The molecule has 0 aromatic heterocycles. The molecular formula is C13H20O3. The minimum absolute atomic E-state index is 0.0562. The van der Waals surface area contributed by atoms with Crippen LogP contribution in [0.25, 0.3) is 0 Å². The van der Waals surface area contributed by atoms with E-state index in [0.29, 0.717) is 6.42 Å². The molecule has 0 fully saturated rings. The van der Waals surface area contributed by atoms with Crippen LogP contribution in [0, 0.1) is 11.3 Å². The third-order valence-corrected chi connectivity index (χ3v) is 3.14. The van der Waals surface area contributed by atoms with Crippen LogP contribution in [0.3, 0.4) is 0 Å². The van der Waals surface area contributed by atoms with E-state index in [2.05, 4.69) is 0 Å². The molecular weight excluding hydrogens is 204 g/mol. The molecule has 0 bridgehead atoms. The van der Waals surface area contributed by atoms with Gasteiger partial charge in [-0.2, -0.15) is 0 Å². The van der Waals surface area contributed by atoms with Gasteiger partial charge in [-0.1, -0.05) is 19.4 Å². The quantitative estimate of drug-likeness (QED) is 0.534.